The Morgan fingerprint density at radius 1 is 1.20 bits per heavy atom. The molecule has 7 heteroatoms. The largest absolute Gasteiger partial charge is 0.377 e. The van der Waals surface area contributed by atoms with Crippen LogP contribution in [0.25, 0.3) is 21.9 Å². The van der Waals surface area contributed by atoms with Crippen molar-refractivity contribution < 1.29 is 9.13 Å². The van der Waals surface area contributed by atoms with Gasteiger partial charge < -0.3 is 9.30 Å². The summed E-state index contributed by atoms with van der Waals surface area (Å²) in [6.07, 6.45) is 5.87. The van der Waals surface area contributed by atoms with Crippen LogP contribution in [0.2, 0.25) is 5.02 Å². The molecule has 2 aliphatic rings. The molecule has 0 radical (unpaired) electrons. The van der Waals surface area contributed by atoms with Gasteiger partial charge in [0.15, 0.2) is 0 Å². The number of fused-ring (bicyclic) bond motifs is 3. The predicted molar refractivity (Wildman–Crippen MR) is 114 cm³/mol. The lowest BCUT2D eigenvalue weighted by Crippen LogP contribution is -2.29. The number of pyridine rings is 1. The highest BCUT2D eigenvalue weighted by molar-refractivity contribution is 6.31. The average molecular weight is 427 g/mol. The fourth-order valence-corrected chi connectivity index (χ4v) is 5.25. The number of benzene rings is 1. The van der Waals surface area contributed by atoms with Crippen molar-refractivity contribution in [2.75, 3.05) is 6.61 Å². The zero-order valence-electron chi connectivity index (χ0n) is 16.7. The highest BCUT2D eigenvalue weighted by Crippen LogP contribution is 2.40. The molecule has 1 unspecified atom stereocenters. The van der Waals surface area contributed by atoms with Crippen molar-refractivity contribution >= 4 is 33.5 Å². The van der Waals surface area contributed by atoms with E-state index >= 15 is 0 Å². The minimum Gasteiger partial charge on any atom is -0.377 e. The third-order valence-corrected chi connectivity index (χ3v) is 6.79. The topological polar surface area (TPSA) is 63.7 Å². The highest BCUT2D eigenvalue weighted by Gasteiger charge is 2.32. The maximum atomic E-state index is 13.8. The monoisotopic (exact) mass is 426 g/mol. The van der Waals surface area contributed by atoms with Crippen molar-refractivity contribution in [3.05, 3.63) is 35.2 Å². The molecule has 0 spiro atoms. The molecule has 0 N–H and O–H groups in total. The van der Waals surface area contributed by atoms with Crippen molar-refractivity contribution in [3.8, 4) is 6.07 Å². The summed E-state index contributed by atoms with van der Waals surface area (Å²) in [7, 11) is 0. The Morgan fingerprint density at radius 3 is 2.83 bits per heavy atom. The fourth-order valence-electron chi connectivity index (χ4n) is 5.07. The molecule has 156 valence electrons. The maximum Gasteiger partial charge on any atom is 0.113 e. The van der Waals surface area contributed by atoms with E-state index in [1.165, 1.54) is 0 Å². The number of nitriles is 1. The first-order valence-corrected chi connectivity index (χ1v) is 11.1. The molecule has 5 nitrogen and oxygen atoms in total. The number of alkyl halides is 1. The lowest BCUT2D eigenvalue weighted by Gasteiger charge is -2.33. The van der Waals surface area contributed by atoms with E-state index < -0.39 is 6.17 Å². The van der Waals surface area contributed by atoms with E-state index in [0.717, 1.165) is 53.4 Å². The molecule has 1 saturated carbocycles. The van der Waals surface area contributed by atoms with Crippen molar-refractivity contribution in [1.82, 2.24) is 14.5 Å². The van der Waals surface area contributed by atoms with E-state index in [-0.39, 0.29) is 18.1 Å². The summed E-state index contributed by atoms with van der Waals surface area (Å²) in [5.41, 5.74) is 2.78. The number of hydrogen-bond acceptors (Lipinski definition) is 4. The van der Waals surface area contributed by atoms with Crippen LogP contribution in [0.3, 0.4) is 0 Å². The van der Waals surface area contributed by atoms with Gasteiger partial charge in [0, 0.05) is 29.0 Å². The van der Waals surface area contributed by atoms with Crippen LogP contribution in [-0.2, 0) is 4.74 Å². The number of rotatable bonds is 3. The Bertz CT molecular complexity index is 1120. The summed E-state index contributed by atoms with van der Waals surface area (Å²) in [4.78, 5) is 9.61. The number of imidazole rings is 1. The maximum absolute atomic E-state index is 13.8. The predicted octanol–water partition coefficient (Wildman–Crippen LogP) is 5.87. The van der Waals surface area contributed by atoms with Gasteiger partial charge in [0.25, 0.3) is 0 Å². The SMILES string of the molecule is N#CCC1C[C@H](n2c3c(cnc4ccc(Cl)cc43)nc2[C@H]2CC[C@@H](F)CC2)CCO1. The standard InChI is InChI=1S/C23H24ClFN4O/c24-15-3-6-20-19(11-15)22-21(13-27-20)28-23(14-1-4-16(25)5-2-14)29(22)17-8-10-30-18(12-17)7-9-26/h3,6,11,13-14,16-18H,1-2,4-5,7-8,10,12H2/t14-,16+,17-,18?/m1/s1. The summed E-state index contributed by atoms with van der Waals surface area (Å²) < 4.78 is 22.0. The first-order chi connectivity index (χ1) is 14.6. The number of hydrogen-bond donors (Lipinski definition) is 0. The van der Waals surface area contributed by atoms with Gasteiger partial charge in [-0.25, -0.2) is 9.37 Å². The van der Waals surface area contributed by atoms with Crippen LogP contribution in [0.5, 0.6) is 0 Å². The van der Waals surface area contributed by atoms with E-state index in [2.05, 4.69) is 15.6 Å². The molecule has 2 atom stereocenters. The van der Waals surface area contributed by atoms with Gasteiger partial charge in [0.05, 0.1) is 35.8 Å². The first kappa shape index (κ1) is 19.7. The lowest BCUT2D eigenvalue weighted by atomic mass is 9.87. The molecule has 1 aliphatic carbocycles. The molecule has 0 bridgehead atoms. The van der Waals surface area contributed by atoms with E-state index in [1.807, 2.05) is 24.4 Å². The van der Waals surface area contributed by atoms with Crippen LogP contribution in [0.15, 0.2) is 24.4 Å². The lowest BCUT2D eigenvalue weighted by molar-refractivity contribution is -0.00238. The molecule has 2 fully saturated rings. The molecule has 5 rings (SSSR count). The molecule has 30 heavy (non-hydrogen) atoms. The molecule has 1 saturated heterocycles. The number of ether oxygens (including phenoxy) is 1. The van der Waals surface area contributed by atoms with Crippen LogP contribution in [0.1, 0.15) is 62.7 Å². The average Bonchev–Trinajstić information content (AvgIpc) is 3.15. The molecule has 1 aliphatic heterocycles. The van der Waals surface area contributed by atoms with Gasteiger partial charge in [-0.05, 0) is 56.7 Å². The Labute approximate surface area is 179 Å². The second kappa shape index (κ2) is 8.13. The van der Waals surface area contributed by atoms with Crippen molar-refractivity contribution in [2.45, 2.75) is 69.2 Å². The third kappa shape index (κ3) is 3.55. The van der Waals surface area contributed by atoms with E-state index in [1.54, 1.807) is 0 Å². The van der Waals surface area contributed by atoms with Crippen LogP contribution in [0.4, 0.5) is 4.39 Å². The quantitative estimate of drug-likeness (QED) is 0.525. The van der Waals surface area contributed by atoms with Gasteiger partial charge >= 0.3 is 0 Å². The highest BCUT2D eigenvalue weighted by atomic mass is 35.5. The van der Waals surface area contributed by atoms with E-state index in [0.29, 0.717) is 30.9 Å². The summed E-state index contributed by atoms with van der Waals surface area (Å²) in [6.45, 7) is 0.622. The Balaban J connectivity index is 1.69. The van der Waals surface area contributed by atoms with Gasteiger partial charge in [0.1, 0.15) is 17.5 Å². The molecular formula is C23H24ClFN4O. The molecule has 1 aromatic carbocycles. The van der Waals surface area contributed by atoms with Crippen molar-refractivity contribution in [1.29, 1.82) is 5.26 Å². The van der Waals surface area contributed by atoms with E-state index in [4.69, 9.17) is 26.6 Å². The molecule has 2 aromatic heterocycles. The smallest absolute Gasteiger partial charge is 0.113 e. The Hall–Kier alpha value is -2.23. The molecule has 0 amide bonds. The molecule has 3 heterocycles. The van der Waals surface area contributed by atoms with Gasteiger partial charge in [-0.1, -0.05) is 11.6 Å². The summed E-state index contributed by atoms with van der Waals surface area (Å²) in [5, 5.41) is 10.8. The Morgan fingerprint density at radius 2 is 2.03 bits per heavy atom. The Kier molecular flexibility index (Phi) is 5.34. The first-order valence-electron chi connectivity index (χ1n) is 10.7. The number of halogens is 2. The van der Waals surface area contributed by atoms with Crippen LogP contribution >= 0.6 is 11.6 Å². The minimum atomic E-state index is -0.705. The van der Waals surface area contributed by atoms with Crippen molar-refractivity contribution in [2.24, 2.45) is 0 Å². The molecular weight excluding hydrogens is 403 g/mol. The van der Waals surface area contributed by atoms with Crippen LogP contribution in [0, 0.1) is 11.3 Å². The van der Waals surface area contributed by atoms with Gasteiger partial charge in [-0.2, -0.15) is 5.26 Å². The van der Waals surface area contributed by atoms with Gasteiger partial charge in [-0.15, -0.1) is 0 Å². The van der Waals surface area contributed by atoms with Crippen LogP contribution in [-0.4, -0.2) is 33.4 Å². The summed E-state index contributed by atoms with van der Waals surface area (Å²) >= 11 is 6.34. The minimum absolute atomic E-state index is 0.0719. The van der Waals surface area contributed by atoms with Crippen molar-refractivity contribution in [3.63, 3.8) is 0 Å². The normalized spacial score (nSPS) is 27.4. The third-order valence-electron chi connectivity index (χ3n) is 6.55. The van der Waals surface area contributed by atoms with Gasteiger partial charge in [0.2, 0.25) is 0 Å². The zero-order chi connectivity index (χ0) is 20.7. The zero-order valence-corrected chi connectivity index (χ0v) is 17.5. The van der Waals surface area contributed by atoms with Gasteiger partial charge in [-0.3, -0.25) is 4.98 Å². The van der Waals surface area contributed by atoms with Crippen LogP contribution < -0.4 is 0 Å². The number of aromatic nitrogens is 3. The number of nitrogens with zero attached hydrogens (tertiary/aromatic N) is 4. The summed E-state index contributed by atoms with van der Waals surface area (Å²) in [6, 6.07) is 8.17. The fraction of sp³-hybridized carbons (Fsp3) is 0.522. The molecule has 3 aromatic rings. The second-order valence-electron chi connectivity index (χ2n) is 8.48. The van der Waals surface area contributed by atoms with E-state index in [9.17, 15) is 4.39 Å². The summed E-state index contributed by atoms with van der Waals surface area (Å²) in [5.74, 6) is 1.25. The second-order valence-corrected chi connectivity index (χ2v) is 8.91.